The maximum absolute atomic E-state index is 13.7. The number of fused-ring (bicyclic) bond motifs is 3. The Bertz CT molecular complexity index is 1340. The second-order valence-electron chi connectivity index (χ2n) is 7.72. The molecule has 2 aromatic heterocycles. The topological polar surface area (TPSA) is 59.3 Å². The number of hydrazone groups is 1. The summed E-state index contributed by atoms with van der Waals surface area (Å²) in [5.41, 5.74) is 6.93. The number of rotatable bonds is 4. The summed E-state index contributed by atoms with van der Waals surface area (Å²) in [7, 11) is 0. The Morgan fingerprint density at radius 3 is 2.61 bits per heavy atom. The lowest BCUT2D eigenvalue weighted by Crippen LogP contribution is -2.23. The SMILES string of the molecule is Cc1ccc(-n2c(N/N=C/c3ccc(Cl)cc3)nc3sc4c(c3c2=O)CCCC4)cc1. The normalized spacial score (nSPS) is 13.6. The van der Waals surface area contributed by atoms with E-state index in [4.69, 9.17) is 16.6 Å². The van der Waals surface area contributed by atoms with Crippen LogP contribution in [0.5, 0.6) is 0 Å². The van der Waals surface area contributed by atoms with Gasteiger partial charge in [0.1, 0.15) is 4.83 Å². The predicted octanol–water partition coefficient (Wildman–Crippen LogP) is 5.73. The Labute approximate surface area is 189 Å². The molecule has 31 heavy (non-hydrogen) atoms. The number of aryl methyl sites for hydroxylation is 3. The number of benzene rings is 2. The molecule has 0 unspecified atom stereocenters. The van der Waals surface area contributed by atoms with Gasteiger partial charge in [0.15, 0.2) is 0 Å². The van der Waals surface area contributed by atoms with Gasteiger partial charge >= 0.3 is 0 Å². The van der Waals surface area contributed by atoms with E-state index >= 15 is 0 Å². The smallest absolute Gasteiger partial charge is 0.268 e. The van der Waals surface area contributed by atoms with Crippen LogP contribution in [0, 0.1) is 6.92 Å². The van der Waals surface area contributed by atoms with Crippen molar-refractivity contribution in [2.45, 2.75) is 32.6 Å². The molecule has 2 aromatic carbocycles. The third-order valence-electron chi connectivity index (χ3n) is 5.53. The van der Waals surface area contributed by atoms with Crippen molar-refractivity contribution in [2.24, 2.45) is 5.10 Å². The van der Waals surface area contributed by atoms with Crippen LogP contribution in [0.15, 0.2) is 58.4 Å². The fourth-order valence-electron chi connectivity index (χ4n) is 3.93. The third kappa shape index (κ3) is 3.89. The quantitative estimate of drug-likeness (QED) is 0.320. The summed E-state index contributed by atoms with van der Waals surface area (Å²) in [5, 5.41) is 5.77. The highest BCUT2D eigenvalue weighted by atomic mass is 35.5. The summed E-state index contributed by atoms with van der Waals surface area (Å²) < 4.78 is 1.63. The maximum Gasteiger partial charge on any atom is 0.268 e. The number of nitrogens with zero attached hydrogens (tertiary/aromatic N) is 3. The van der Waals surface area contributed by atoms with Crippen LogP contribution in [-0.2, 0) is 12.8 Å². The Balaban J connectivity index is 1.63. The Morgan fingerprint density at radius 2 is 1.84 bits per heavy atom. The molecule has 156 valence electrons. The summed E-state index contributed by atoms with van der Waals surface area (Å²) in [6.45, 7) is 2.03. The predicted molar refractivity (Wildman–Crippen MR) is 129 cm³/mol. The van der Waals surface area contributed by atoms with Crippen LogP contribution in [0.4, 0.5) is 5.95 Å². The minimum absolute atomic E-state index is 0.0440. The van der Waals surface area contributed by atoms with Crippen LogP contribution < -0.4 is 11.0 Å². The number of halogens is 1. The monoisotopic (exact) mass is 448 g/mol. The van der Waals surface area contributed by atoms with Crippen molar-refractivity contribution >= 4 is 45.3 Å². The molecule has 1 aliphatic rings. The zero-order chi connectivity index (χ0) is 21.4. The number of hydrogen-bond acceptors (Lipinski definition) is 5. The average Bonchev–Trinajstić information content (AvgIpc) is 3.15. The van der Waals surface area contributed by atoms with Gasteiger partial charge in [-0.3, -0.25) is 4.79 Å². The number of aromatic nitrogens is 2. The zero-order valence-electron chi connectivity index (χ0n) is 17.1. The highest BCUT2D eigenvalue weighted by Gasteiger charge is 2.22. The molecule has 4 aromatic rings. The second kappa shape index (κ2) is 8.29. The van der Waals surface area contributed by atoms with Gasteiger partial charge in [-0.05, 0) is 68.0 Å². The molecule has 0 radical (unpaired) electrons. The van der Waals surface area contributed by atoms with Gasteiger partial charge in [-0.2, -0.15) is 5.10 Å². The van der Waals surface area contributed by atoms with E-state index in [2.05, 4.69) is 10.5 Å². The number of thiophene rings is 1. The van der Waals surface area contributed by atoms with Crippen molar-refractivity contribution < 1.29 is 0 Å². The van der Waals surface area contributed by atoms with E-state index in [-0.39, 0.29) is 5.56 Å². The summed E-state index contributed by atoms with van der Waals surface area (Å²) >= 11 is 7.59. The summed E-state index contributed by atoms with van der Waals surface area (Å²) in [6.07, 6.45) is 5.95. The van der Waals surface area contributed by atoms with E-state index in [1.165, 1.54) is 16.9 Å². The molecule has 0 aliphatic heterocycles. The van der Waals surface area contributed by atoms with Gasteiger partial charge in [0, 0.05) is 9.90 Å². The van der Waals surface area contributed by atoms with Crippen molar-refractivity contribution in [1.29, 1.82) is 0 Å². The fourth-order valence-corrected chi connectivity index (χ4v) is 5.30. The van der Waals surface area contributed by atoms with Crippen LogP contribution in [0.1, 0.15) is 34.4 Å². The molecule has 0 amide bonds. The molecule has 2 heterocycles. The standard InChI is InChI=1S/C24H21ClN4OS/c1-15-6-12-18(13-7-15)29-23(30)21-19-4-2-3-5-20(19)31-22(21)27-24(29)28-26-14-16-8-10-17(25)11-9-16/h6-14H,2-5H2,1H3,(H,27,28)/b26-14+. The first-order chi connectivity index (χ1) is 15.1. The molecular weight excluding hydrogens is 428 g/mol. The zero-order valence-corrected chi connectivity index (χ0v) is 18.6. The highest BCUT2D eigenvalue weighted by Crippen LogP contribution is 2.34. The molecule has 0 saturated heterocycles. The average molecular weight is 449 g/mol. The minimum Gasteiger partial charge on any atom is -0.268 e. The fraction of sp³-hybridized carbons (Fsp3) is 0.208. The molecule has 0 fully saturated rings. The molecule has 0 saturated carbocycles. The van der Waals surface area contributed by atoms with Crippen LogP contribution in [0.25, 0.3) is 15.9 Å². The molecule has 0 bridgehead atoms. The minimum atomic E-state index is -0.0440. The van der Waals surface area contributed by atoms with E-state index in [1.54, 1.807) is 22.1 Å². The summed E-state index contributed by atoms with van der Waals surface area (Å²) in [6, 6.07) is 15.3. The second-order valence-corrected chi connectivity index (χ2v) is 9.24. The first-order valence-corrected chi connectivity index (χ1v) is 11.5. The van der Waals surface area contributed by atoms with Crippen molar-refractivity contribution in [3.8, 4) is 5.69 Å². The van der Waals surface area contributed by atoms with E-state index in [0.29, 0.717) is 11.0 Å². The lowest BCUT2D eigenvalue weighted by molar-refractivity contribution is 0.699. The highest BCUT2D eigenvalue weighted by molar-refractivity contribution is 7.18. The molecule has 0 atom stereocenters. The van der Waals surface area contributed by atoms with Gasteiger partial charge in [0.2, 0.25) is 5.95 Å². The lowest BCUT2D eigenvalue weighted by Gasteiger charge is -2.13. The number of anilines is 1. The Kier molecular flexibility index (Phi) is 5.34. The van der Waals surface area contributed by atoms with Gasteiger partial charge in [0.25, 0.3) is 5.56 Å². The van der Waals surface area contributed by atoms with Crippen LogP contribution >= 0.6 is 22.9 Å². The van der Waals surface area contributed by atoms with Crippen LogP contribution in [0.2, 0.25) is 5.02 Å². The number of hydrogen-bond donors (Lipinski definition) is 1. The largest absolute Gasteiger partial charge is 0.268 e. The summed E-state index contributed by atoms with van der Waals surface area (Å²) in [4.78, 5) is 20.6. The van der Waals surface area contributed by atoms with Gasteiger partial charge in [-0.1, -0.05) is 41.4 Å². The van der Waals surface area contributed by atoms with Crippen LogP contribution in [-0.4, -0.2) is 15.8 Å². The lowest BCUT2D eigenvalue weighted by atomic mass is 9.97. The first-order valence-electron chi connectivity index (χ1n) is 10.3. The molecule has 0 spiro atoms. The van der Waals surface area contributed by atoms with Gasteiger partial charge in [0.05, 0.1) is 17.3 Å². The third-order valence-corrected chi connectivity index (χ3v) is 6.97. The molecule has 5 nitrogen and oxygen atoms in total. The molecule has 5 rings (SSSR count). The van der Waals surface area contributed by atoms with Crippen molar-refractivity contribution in [1.82, 2.24) is 9.55 Å². The van der Waals surface area contributed by atoms with Gasteiger partial charge in [-0.25, -0.2) is 15.0 Å². The first kappa shape index (κ1) is 20.0. The van der Waals surface area contributed by atoms with Crippen LogP contribution in [0.3, 0.4) is 0 Å². The van der Waals surface area contributed by atoms with E-state index in [0.717, 1.165) is 46.3 Å². The summed E-state index contributed by atoms with van der Waals surface area (Å²) in [5.74, 6) is 0.408. The van der Waals surface area contributed by atoms with Crippen molar-refractivity contribution in [3.63, 3.8) is 0 Å². The number of nitrogens with one attached hydrogen (secondary N) is 1. The Morgan fingerprint density at radius 1 is 1.10 bits per heavy atom. The van der Waals surface area contributed by atoms with Crippen molar-refractivity contribution in [2.75, 3.05) is 5.43 Å². The molecule has 1 N–H and O–H groups in total. The molecular formula is C24H21ClN4OS. The van der Waals surface area contributed by atoms with E-state index in [1.807, 2.05) is 55.5 Å². The van der Waals surface area contributed by atoms with E-state index < -0.39 is 0 Å². The van der Waals surface area contributed by atoms with Gasteiger partial charge in [-0.15, -0.1) is 11.3 Å². The molecule has 1 aliphatic carbocycles. The van der Waals surface area contributed by atoms with E-state index in [9.17, 15) is 4.79 Å². The molecule has 7 heteroatoms. The van der Waals surface area contributed by atoms with Crippen molar-refractivity contribution in [3.05, 3.63) is 85.5 Å². The maximum atomic E-state index is 13.7. The Hall–Kier alpha value is -2.96. The van der Waals surface area contributed by atoms with Gasteiger partial charge < -0.3 is 0 Å².